The summed E-state index contributed by atoms with van der Waals surface area (Å²) in [5.41, 5.74) is 1.03. The normalized spacial score (nSPS) is 23.6. The van der Waals surface area contributed by atoms with Gasteiger partial charge in [-0.3, -0.25) is 4.79 Å². The largest absolute Gasteiger partial charge is 0.340 e. The molecule has 0 aliphatic carbocycles. The number of amides is 1. The molecule has 0 bridgehead atoms. The highest BCUT2D eigenvalue weighted by atomic mass is 32.2. The first kappa shape index (κ1) is 18.4. The van der Waals surface area contributed by atoms with Gasteiger partial charge in [0.25, 0.3) is 0 Å². The number of likely N-dealkylation sites (N-methyl/N-ethyl adjacent to an activating group) is 1. The average molecular weight is 365 g/mol. The number of carbonyl (C=O) groups excluding carboxylic acids is 1. The van der Waals surface area contributed by atoms with Gasteiger partial charge in [0.2, 0.25) is 15.9 Å². The molecule has 25 heavy (non-hydrogen) atoms. The lowest BCUT2D eigenvalue weighted by atomic mass is 9.98. The van der Waals surface area contributed by atoms with Gasteiger partial charge in [-0.05, 0) is 38.9 Å². The Morgan fingerprint density at radius 1 is 1.04 bits per heavy atom. The highest BCUT2D eigenvalue weighted by Gasteiger charge is 2.35. The second kappa shape index (κ2) is 7.43. The molecule has 7 heteroatoms. The lowest BCUT2D eigenvalue weighted by Gasteiger charge is -2.37. The highest BCUT2D eigenvalue weighted by Crippen LogP contribution is 2.25. The molecule has 138 valence electrons. The molecule has 0 saturated carbocycles. The van der Waals surface area contributed by atoms with Crippen molar-refractivity contribution in [3.05, 3.63) is 29.8 Å². The molecule has 2 fully saturated rings. The number of piperidine rings is 1. The van der Waals surface area contributed by atoms with Gasteiger partial charge >= 0.3 is 0 Å². The van der Waals surface area contributed by atoms with E-state index in [1.807, 2.05) is 24.0 Å². The van der Waals surface area contributed by atoms with Gasteiger partial charge in [0.1, 0.15) is 0 Å². The van der Waals surface area contributed by atoms with Crippen LogP contribution in [0.2, 0.25) is 0 Å². The molecule has 6 nitrogen and oxygen atoms in total. The Hall–Kier alpha value is -1.44. The lowest BCUT2D eigenvalue weighted by Crippen LogP contribution is -2.52. The predicted molar refractivity (Wildman–Crippen MR) is 96.7 cm³/mol. The predicted octanol–water partition coefficient (Wildman–Crippen LogP) is 1.17. The van der Waals surface area contributed by atoms with Crippen LogP contribution in [0.5, 0.6) is 0 Å². The molecule has 1 aromatic rings. The molecule has 0 spiro atoms. The maximum absolute atomic E-state index is 12.9. The van der Waals surface area contributed by atoms with Crippen molar-refractivity contribution >= 4 is 15.9 Å². The van der Waals surface area contributed by atoms with Crippen molar-refractivity contribution in [2.45, 2.75) is 24.7 Å². The first-order chi connectivity index (χ1) is 11.9. The molecule has 0 radical (unpaired) electrons. The summed E-state index contributed by atoms with van der Waals surface area (Å²) in [6, 6.07) is 6.92. The van der Waals surface area contributed by atoms with Crippen LogP contribution in [0.15, 0.2) is 29.2 Å². The molecule has 1 amide bonds. The number of sulfonamides is 1. The smallest absolute Gasteiger partial charge is 0.243 e. The molecule has 1 atom stereocenters. The van der Waals surface area contributed by atoms with Crippen molar-refractivity contribution in [3.8, 4) is 0 Å². The van der Waals surface area contributed by atoms with Crippen molar-refractivity contribution in [1.82, 2.24) is 14.1 Å². The monoisotopic (exact) mass is 365 g/mol. The number of nitrogens with zero attached hydrogens (tertiary/aromatic N) is 3. The van der Waals surface area contributed by atoms with Crippen LogP contribution >= 0.6 is 0 Å². The summed E-state index contributed by atoms with van der Waals surface area (Å²) in [6.07, 6.45) is 1.50. The molecule has 0 unspecified atom stereocenters. The summed E-state index contributed by atoms with van der Waals surface area (Å²) in [7, 11) is -1.48. The second-order valence-electron chi connectivity index (χ2n) is 7.14. The average Bonchev–Trinajstić information content (AvgIpc) is 2.62. The zero-order valence-electron chi connectivity index (χ0n) is 15.0. The Kier molecular flexibility index (Phi) is 5.46. The molecule has 1 aromatic carbocycles. The third kappa shape index (κ3) is 4.04. The minimum atomic E-state index is -3.53. The fraction of sp³-hybridized carbons (Fsp3) is 0.611. The van der Waals surface area contributed by atoms with Crippen molar-refractivity contribution in [1.29, 1.82) is 0 Å². The highest BCUT2D eigenvalue weighted by molar-refractivity contribution is 7.89. The summed E-state index contributed by atoms with van der Waals surface area (Å²) in [5.74, 6) is -0.116. The van der Waals surface area contributed by atoms with Crippen molar-refractivity contribution in [2.24, 2.45) is 5.92 Å². The van der Waals surface area contributed by atoms with Gasteiger partial charge in [-0.15, -0.1) is 0 Å². The fourth-order valence-electron chi connectivity index (χ4n) is 3.51. The van der Waals surface area contributed by atoms with Crippen molar-refractivity contribution in [2.75, 3.05) is 46.3 Å². The molecule has 0 N–H and O–H groups in total. The SMILES string of the molecule is Cc1ccc(S(=O)(=O)N2CCC[C@@H](C(=O)N3CCN(C)CC3)C2)cc1. The van der Waals surface area contributed by atoms with E-state index in [0.29, 0.717) is 18.0 Å². The Morgan fingerprint density at radius 3 is 2.32 bits per heavy atom. The maximum atomic E-state index is 12.9. The second-order valence-corrected chi connectivity index (χ2v) is 9.08. The Morgan fingerprint density at radius 2 is 1.68 bits per heavy atom. The van der Waals surface area contributed by atoms with Crippen LogP contribution in [0.3, 0.4) is 0 Å². The first-order valence-corrected chi connectivity index (χ1v) is 10.4. The minimum absolute atomic E-state index is 0.108. The van der Waals surface area contributed by atoms with E-state index in [2.05, 4.69) is 11.9 Å². The van der Waals surface area contributed by atoms with E-state index in [1.54, 1.807) is 12.1 Å². The number of rotatable bonds is 3. The molecular weight excluding hydrogens is 338 g/mol. The van der Waals surface area contributed by atoms with E-state index >= 15 is 0 Å². The number of benzene rings is 1. The molecule has 2 aliphatic heterocycles. The summed E-state index contributed by atoms with van der Waals surface area (Å²) in [5, 5.41) is 0. The summed E-state index contributed by atoms with van der Waals surface area (Å²) >= 11 is 0. The summed E-state index contributed by atoms with van der Waals surface area (Å²) in [6.45, 7) is 5.94. The number of hydrogen-bond acceptors (Lipinski definition) is 4. The van der Waals surface area contributed by atoms with Crippen LogP contribution < -0.4 is 0 Å². The summed E-state index contributed by atoms with van der Waals surface area (Å²) in [4.78, 5) is 17.2. The summed E-state index contributed by atoms with van der Waals surface area (Å²) < 4.78 is 27.2. The van der Waals surface area contributed by atoms with Gasteiger partial charge in [0.05, 0.1) is 10.8 Å². The molecule has 2 heterocycles. The molecular formula is C18H27N3O3S. The van der Waals surface area contributed by atoms with Crippen LogP contribution in [0.4, 0.5) is 0 Å². The topological polar surface area (TPSA) is 60.9 Å². The van der Waals surface area contributed by atoms with E-state index in [-0.39, 0.29) is 11.8 Å². The van der Waals surface area contributed by atoms with Gasteiger partial charge in [0, 0.05) is 39.3 Å². The molecule has 2 saturated heterocycles. The molecule has 3 rings (SSSR count). The van der Waals surface area contributed by atoms with Crippen LogP contribution in [0.1, 0.15) is 18.4 Å². The zero-order valence-corrected chi connectivity index (χ0v) is 15.8. The van der Waals surface area contributed by atoms with E-state index in [4.69, 9.17) is 0 Å². The van der Waals surface area contributed by atoms with Crippen LogP contribution in [0, 0.1) is 12.8 Å². The number of piperazine rings is 1. The van der Waals surface area contributed by atoms with Gasteiger partial charge in [-0.1, -0.05) is 17.7 Å². The quantitative estimate of drug-likeness (QED) is 0.807. The van der Waals surface area contributed by atoms with Gasteiger partial charge in [-0.2, -0.15) is 4.31 Å². The third-order valence-corrected chi connectivity index (χ3v) is 7.09. The van der Waals surface area contributed by atoms with E-state index in [0.717, 1.165) is 44.6 Å². The van der Waals surface area contributed by atoms with Gasteiger partial charge < -0.3 is 9.80 Å². The van der Waals surface area contributed by atoms with Crippen LogP contribution in [-0.4, -0.2) is 74.7 Å². The standard InChI is InChI=1S/C18H27N3O3S/c1-15-5-7-17(8-6-15)25(23,24)21-9-3-4-16(14-21)18(22)20-12-10-19(2)11-13-20/h5-8,16H,3-4,9-14H2,1-2H3/t16-/m1/s1. The van der Waals surface area contributed by atoms with Gasteiger partial charge in [0.15, 0.2) is 0 Å². The zero-order chi connectivity index (χ0) is 18.0. The Balaban J connectivity index is 1.70. The van der Waals surface area contributed by atoms with Crippen molar-refractivity contribution in [3.63, 3.8) is 0 Å². The van der Waals surface area contributed by atoms with Gasteiger partial charge in [-0.25, -0.2) is 8.42 Å². The molecule has 0 aromatic heterocycles. The number of carbonyl (C=O) groups is 1. The van der Waals surface area contributed by atoms with Crippen molar-refractivity contribution < 1.29 is 13.2 Å². The Bertz CT molecular complexity index is 710. The van der Waals surface area contributed by atoms with E-state index in [1.165, 1.54) is 4.31 Å². The number of aryl methyl sites for hydroxylation is 1. The third-order valence-electron chi connectivity index (χ3n) is 5.21. The lowest BCUT2D eigenvalue weighted by molar-refractivity contribution is -0.138. The fourth-order valence-corrected chi connectivity index (χ4v) is 5.03. The van der Waals surface area contributed by atoms with E-state index in [9.17, 15) is 13.2 Å². The van der Waals surface area contributed by atoms with Crippen LogP contribution in [-0.2, 0) is 14.8 Å². The van der Waals surface area contributed by atoms with E-state index < -0.39 is 10.0 Å². The Labute approximate surface area is 150 Å². The maximum Gasteiger partial charge on any atom is 0.243 e. The first-order valence-electron chi connectivity index (χ1n) is 8.92. The minimum Gasteiger partial charge on any atom is -0.340 e. The number of hydrogen-bond donors (Lipinski definition) is 0. The molecule has 2 aliphatic rings. The van der Waals surface area contributed by atoms with Crippen LogP contribution in [0.25, 0.3) is 0 Å².